The van der Waals surface area contributed by atoms with E-state index < -0.39 is 0 Å². The van der Waals surface area contributed by atoms with Crippen LogP contribution in [-0.4, -0.2) is 13.7 Å². The molecule has 0 spiro atoms. The highest BCUT2D eigenvalue weighted by atomic mass is 16.5. The Labute approximate surface area is 110 Å². The first-order valence-electron chi connectivity index (χ1n) is 6.40. The van der Waals surface area contributed by atoms with Gasteiger partial charge in [0, 0.05) is 6.04 Å². The van der Waals surface area contributed by atoms with Crippen LogP contribution in [0.2, 0.25) is 0 Å². The first-order valence-corrected chi connectivity index (χ1v) is 6.40. The van der Waals surface area contributed by atoms with Crippen molar-refractivity contribution in [3.05, 3.63) is 23.8 Å². The normalized spacial score (nSPS) is 13.2. The lowest BCUT2D eigenvalue weighted by Gasteiger charge is -2.19. The van der Waals surface area contributed by atoms with Gasteiger partial charge < -0.3 is 15.2 Å². The number of ether oxygens (including phenoxy) is 2. The van der Waals surface area contributed by atoms with Crippen molar-refractivity contribution in [2.45, 2.75) is 40.2 Å². The Bertz CT molecular complexity index is 381. The zero-order chi connectivity index (χ0) is 13.8. The molecule has 0 aliphatic heterocycles. The van der Waals surface area contributed by atoms with Gasteiger partial charge in [0.1, 0.15) is 0 Å². The molecule has 0 aromatic heterocycles. The average molecular weight is 251 g/mol. The minimum Gasteiger partial charge on any atom is -0.493 e. The zero-order valence-corrected chi connectivity index (χ0v) is 12.1. The van der Waals surface area contributed by atoms with Crippen LogP contribution in [0.1, 0.15) is 45.7 Å². The summed E-state index contributed by atoms with van der Waals surface area (Å²) in [6.07, 6.45) is 1.01. The first kappa shape index (κ1) is 14.8. The molecule has 1 aromatic rings. The van der Waals surface area contributed by atoms with Gasteiger partial charge in [0.25, 0.3) is 0 Å². The number of benzene rings is 1. The molecule has 1 rings (SSSR count). The van der Waals surface area contributed by atoms with Gasteiger partial charge >= 0.3 is 0 Å². The molecule has 0 saturated heterocycles. The van der Waals surface area contributed by atoms with Crippen LogP contribution in [0.3, 0.4) is 0 Å². The van der Waals surface area contributed by atoms with Gasteiger partial charge in [-0.15, -0.1) is 0 Å². The van der Waals surface area contributed by atoms with Crippen molar-refractivity contribution in [3.8, 4) is 11.5 Å². The van der Waals surface area contributed by atoms with E-state index >= 15 is 0 Å². The van der Waals surface area contributed by atoms with Crippen molar-refractivity contribution in [1.29, 1.82) is 0 Å². The molecule has 1 aromatic carbocycles. The molecule has 2 N–H and O–H groups in total. The van der Waals surface area contributed by atoms with E-state index in [0.29, 0.717) is 6.61 Å². The molecule has 1 atom stereocenters. The predicted octanol–water partition coefficient (Wildman–Crippen LogP) is 3.53. The third kappa shape index (κ3) is 4.57. The maximum atomic E-state index is 5.85. The maximum Gasteiger partial charge on any atom is 0.161 e. The van der Waals surface area contributed by atoms with Gasteiger partial charge in [-0.25, -0.2) is 0 Å². The Morgan fingerprint density at radius 2 is 1.89 bits per heavy atom. The number of nitrogens with two attached hydrogens (primary N) is 1. The van der Waals surface area contributed by atoms with E-state index in [4.69, 9.17) is 15.2 Å². The van der Waals surface area contributed by atoms with Crippen molar-refractivity contribution >= 4 is 0 Å². The molecule has 0 heterocycles. The van der Waals surface area contributed by atoms with E-state index in [2.05, 4.69) is 20.8 Å². The van der Waals surface area contributed by atoms with Crippen molar-refractivity contribution < 1.29 is 9.47 Å². The Morgan fingerprint density at radius 1 is 1.22 bits per heavy atom. The summed E-state index contributed by atoms with van der Waals surface area (Å²) in [4.78, 5) is 0. The monoisotopic (exact) mass is 251 g/mol. The van der Waals surface area contributed by atoms with Gasteiger partial charge in [0.15, 0.2) is 11.5 Å². The third-order valence-electron chi connectivity index (χ3n) is 2.82. The topological polar surface area (TPSA) is 44.5 Å². The largest absolute Gasteiger partial charge is 0.493 e. The van der Waals surface area contributed by atoms with E-state index in [9.17, 15) is 0 Å². The zero-order valence-electron chi connectivity index (χ0n) is 12.1. The lowest BCUT2D eigenvalue weighted by atomic mass is 9.93. The van der Waals surface area contributed by atoms with Crippen LogP contribution >= 0.6 is 0 Å². The fourth-order valence-corrected chi connectivity index (χ4v) is 1.55. The van der Waals surface area contributed by atoms with Crippen LogP contribution in [0.15, 0.2) is 18.2 Å². The number of hydrogen-bond donors (Lipinski definition) is 1. The average Bonchev–Trinajstić information content (AvgIpc) is 2.27. The lowest BCUT2D eigenvalue weighted by Crippen LogP contribution is -2.11. The summed E-state index contributed by atoms with van der Waals surface area (Å²) in [7, 11) is 1.65. The van der Waals surface area contributed by atoms with Crippen molar-refractivity contribution in [2.24, 2.45) is 11.1 Å². The summed E-state index contributed by atoms with van der Waals surface area (Å²) >= 11 is 0. The quantitative estimate of drug-likeness (QED) is 0.870. The molecule has 3 heteroatoms. The standard InChI is InChI=1S/C15H25NO2/c1-11(16)12-6-7-13(14(10-12)17-5)18-9-8-15(2,3)4/h6-7,10-11H,8-9,16H2,1-5H3. The molecule has 0 fully saturated rings. The van der Waals surface area contributed by atoms with E-state index in [-0.39, 0.29) is 11.5 Å². The van der Waals surface area contributed by atoms with E-state index in [0.717, 1.165) is 23.5 Å². The second kappa shape index (κ2) is 6.10. The van der Waals surface area contributed by atoms with E-state index in [1.54, 1.807) is 7.11 Å². The molecule has 18 heavy (non-hydrogen) atoms. The maximum absolute atomic E-state index is 5.85. The summed E-state index contributed by atoms with van der Waals surface area (Å²) in [5.41, 5.74) is 7.18. The van der Waals surface area contributed by atoms with Crippen molar-refractivity contribution in [1.82, 2.24) is 0 Å². The summed E-state index contributed by atoms with van der Waals surface area (Å²) < 4.78 is 11.1. The summed E-state index contributed by atoms with van der Waals surface area (Å²) in [5.74, 6) is 1.53. The number of rotatable bonds is 5. The molecule has 0 radical (unpaired) electrons. The molecule has 3 nitrogen and oxygen atoms in total. The molecule has 1 unspecified atom stereocenters. The Hall–Kier alpha value is -1.22. The van der Waals surface area contributed by atoms with Gasteiger partial charge in [0.05, 0.1) is 13.7 Å². The third-order valence-corrected chi connectivity index (χ3v) is 2.82. The van der Waals surface area contributed by atoms with Crippen molar-refractivity contribution in [3.63, 3.8) is 0 Å². The van der Waals surface area contributed by atoms with Gasteiger partial charge in [-0.2, -0.15) is 0 Å². The smallest absolute Gasteiger partial charge is 0.161 e. The summed E-state index contributed by atoms with van der Waals surface area (Å²) in [5, 5.41) is 0. The fraction of sp³-hybridized carbons (Fsp3) is 0.600. The second-order valence-electron chi connectivity index (χ2n) is 5.86. The second-order valence-corrected chi connectivity index (χ2v) is 5.86. The Morgan fingerprint density at radius 3 is 2.39 bits per heavy atom. The van der Waals surface area contributed by atoms with Crippen LogP contribution in [-0.2, 0) is 0 Å². The Kier molecular flexibility index (Phi) is 5.03. The molecular weight excluding hydrogens is 226 g/mol. The molecule has 0 saturated carbocycles. The summed E-state index contributed by atoms with van der Waals surface area (Å²) in [6, 6.07) is 5.86. The van der Waals surface area contributed by atoms with Gasteiger partial charge in [0.2, 0.25) is 0 Å². The summed E-state index contributed by atoms with van der Waals surface area (Å²) in [6.45, 7) is 9.25. The van der Waals surface area contributed by atoms with Gasteiger partial charge in [-0.3, -0.25) is 0 Å². The highest BCUT2D eigenvalue weighted by molar-refractivity contribution is 5.43. The van der Waals surface area contributed by atoms with Crippen LogP contribution in [0.25, 0.3) is 0 Å². The number of methoxy groups -OCH3 is 1. The molecule has 102 valence electrons. The highest BCUT2D eigenvalue weighted by Gasteiger charge is 2.12. The lowest BCUT2D eigenvalue weighted by molar-refractivity contribution is 0.234. The molecule has 0 bridgehead atoms. The van der Waals surface area contributed by atoms with Gasteiger partial charge in [-0.05, 0) is 36.5 Å². The van der Waals surface area contributed by atoms with Crippen molar-refractivity contribution in [2.75, 3.05) is 13.7 Å². The first-order chi connectivity index (χ1) is 8.33. The molecule has 0 aliphatic rings. The number of hydrogen-bond acceptors (Lipinski definition) is 3. The molecule has 0 amide bonds. The van der Waals surface area contributed by atoms with Crippen LogP contribution in [0.5, 0.6) is 11.5 Å². The SMILES string of the molecule is COc1cc(C(C)N)ccc1OCCC(C)(C)C. The van der Waals surface area contributed by atoms with E-state index in [1.165, 1.54) is 0 Å². The highest BCUT2D eigenvalue weighted by Crippen LogP contribution is 2.30. The minimum atomic E-state index is 0.00234. The van der Waals surface area contributed by atoms with Crippen LogP contribution in [0, 0.1) is 5.41 Å². The molecular formula is C15H25NO2. The fourth-order valence-electron chi connectivity index (χ4n) is 1.55. The van der Waals surface area contributed by atoms with Crippen LogP contribution in [0.4, 0.5) is 0 Å². The predicted molar refractivity (Wildman–Crippen MR) is 75.2 cm³/mol. The van der Waals surface area contributed by atoms with Gasteiger partial charge in [-0.1, -0.05) is 26.8 Å². The minimum absolute atomic E-state index is 0.00234. The van der Waals surface area contributed by atoms with E-state index in [1.807, 2.05) is 25.1 Å². The van der Waals surface area contributed by atoms with Crippen LogP contribution < -0.4 is 15.2 Å². The molecule has 0 aliphatic carbocycles. The Balaban J connectivity index is 2.71.